The summed E-state index contributed by atoms with van der Waals surface area (Å²) in [6.45, 7) is 3.97. The zero-order valence-corrected chi connectivity index (χ0v) is 26.4. The second kappa shape index (κ2) is 16.6. The van der Waals surface area contributed by atoms with Crippen LogP contribution in [0.5, 0.6) is 11.5 Å². The van der Waals surface area contributed by atoms with Gasteiger partial charge in [0.05, 0.1) is 6.42 Å². The molecule has 3 amide bonds. The molecule has 0 bridgehead atoms. The Labute approximate surface area is 265 Å². The average Bonchev–Trinajstić information content (AvgIpc) is 3.53. The maximum absolute atomic E-state index is 14.0. The molecule has 45 heavy (non-hydrogen) atoms. The third kappa shape index (κ3) is 10.0. The van der Waals surface area contributed by atoms with E-state index < -0.39 is 38.1 Å². The normalized spacial score (nSPS) is 15.7. The van der Waals surface area contributed by atoms with Gasteiger partial charge in [-0.3, -0.25) is 19.2 Å². The predicted molar refractivity (Wildman–Crippen MR) is 172 cm³/mol. The Hall–Kier alpha value is -4.43. The third-order valence-corrected chi connectivity index (χ3v) is 8.97. The van der Waals surface area contributed by atoms with E-state index in [4.69, 9.17) is 14.2 Å². The highest BCUT2D eigenvalue weighted by atomic mass is 31.2. The van der Waals surface area contributed by atoms with Crippen LogP contribution in [0.3, 0.4) is 0 Å². The Kier molecular flexibility index (Phi) is 12.3. The minimum atomic E-state index is -1.76. The average molecular weight is 634 g/mol. The van der Waals surface area contributed by atoms with Crippen molar-refractivity contribution in [2.24, 2.45) is 5.92 Å². The first kappa shape index (κ1) is 33.5. The van der Waals surface area contributed by atoms with Crippen molar-refractivity contribution in [3.8, 4) is 11.5 Å². The number of benzene rings is 3. The molecule has 3 aromatic carbocycles. The lowest BCUT2D eigenvalue weighted by molar-refractivity contribution is -0.143. The van der Waals surface area contributed by atoms with E-state index >= 15 is 0 Å². The van der Waals surface area contributed by atoms with Crippen LogP contribution in [-0.4, -0.2) is 58.1 Å². The molecule has 0 aliphatic carbocycles. The van der Waals surface area contributed by atoms with Crippen LogP contribution in [0.15, 0.2) is 91.0 Å². The van der Waals surface area contributed by atoms with Gasteiger partial charge in [0.2, 0.25) is 17.7 Å². The Bertz CT molecular complexity index is 1370. The number of para-hydroxylation sites is 2. The molecule has 0 aromatic heterocycles. The summed E-state index contributed by atoms with van der Waals surface area (Å²) in [6.07, 6.45) is 0.947. The van der Waals surface area contributed by atoms with Gasteiger partial charge in [-0.15, -0.1) is 0 Å². The van der Waals surface area contributed by atoms with Crippen molar-refractivity contribution in [3.05, 3.63) is 96.6 Å². The molecule has 1 aliphatic heterocycles. The molecule has 3 atom stereocenters. The first-order valence-corrected chi connectivity index (χ1v) is 16.4. The first-order chi connectivity index (χ1) is 21.7. The van der Waals surface area contributed by atoms with E-state index in [9.17, 15) is 19.2 Å². The number of hydrogen-bond acceptors (Lipinski definition) is 6. The molecule has 1 aliphatic rings. The van der Waals surface area contributed by atoms with Crippen LogP contribution in [-0.2, 0) is 25.6 Å². The summed E-state index contributed by atoms with van der Waals surface area (Å²) in [7, 11) is -1.76. The minimum Gasteiger partial charge on any atom is -0.481 e. The van der Waals surface area contributed by atoms with Gasteiger partial charge in [0.25, 0.3) is 0 Å². The lowest BCUT2D eigenvalue weighted by Crippen LogP contribution is -2.56. The molecule has 10 nitrogen and oxygen atoms in total. The van der Waals surface area contributed by atoms with Gasteiger partial charge in [-0.05, 0) is 48.6 Å². The molecule has 0 radical (unpaired) electrons. The van der Waals surface area contributed by atoms with Gasteiger partial charge in [0.1, 0.15) is 29.4 Å². The maximum Gasteiger partial charge on any atom is 0.315 e. The minimum absolute atomic E-state index is 0.233. The molecule has 3 aromatic rings. The number of rotatable bonds is 15. The molecule has 4 rings (SSSR count). The quantitative estimate of drug-likeness (QED) is 0.197. The standard InChI is InChI=1S/C34H40N3O7P/c1-24(2)32(35-29(38)20-21-31(39)40)34(42)37-22-12-19-28(37)33(41)36-30(23-25-13-6-3-7-14-25)45(43-26-15-8-4-9-16-26)44-27-17-10-5-11-18-27/h3-11,13-18,24,28,30,32H,12,19-23H2,1-2H3,(H,35,38)(H,36,41)(H,39,40)/t28-,30+,32-/m0/s1. The molecular formula is C34H40N3O7P. The highest BCUT2D eigenvalue weighted by Gasteiger charge is 2.40. The number of carbonyl (C=O) groups excluding carboxylic acids is 3. The van der Waals surface area contributed by atoms with Crippen molar-refractivity contribution in [2.45, 2.75) is 63.8 Å². The molecule has 0 saturated carbocycles. The molecule has 1 fully saturated rings. The van der Waals surface area contributed by atoms with Crippen LogP contribution in [0.1, 0.15) is 45.1 Å². The molecule has 1 heterocycles. The lowest BCUT2D eigenvalue weighted by Gasteiger charge is -2.32. The second-order valence-electron chi connectivity index (χ2n) is 11.2. The Morgan fingerprint density at radius 1 is 0.844 bits per heavy atom. The van der Waals surface area contributed by atoms with E-state index in [1.165, 1.54) is 4.90 Å². The number of hydrogen-bond donors (Lipinski definition) is 3. The van der Waals surface area contributed by atoms with Gasteiger partial charge in [0, 0.05) is 19.4 Å². The fourth-order valence-electron chi connectivity index (χ4n) is 5.05. The Balaban J connectivity index is 1.57. The Morgan fingerprint density at radius 2 is 1.40 bits per heavy atom. The summed E-state index contributed by atoms with van der Waals surface area (Å²) in [5.74, 6) is -1.96. The van der Waals surface area contributed by atoms with Crippen molar-refractivity contribution in [1.29, 1.82) is 0 Å². The van der Waals surface area contributed by atoms with Crippen LogP contribution in [0.25, 0.3) is 0 Å². The van der Waals surface area contributed by atoms with Gasteiger partial charge >= 0.3 is 14.3 Å². The highest BCUT2D eigenvalue weighted by Crippen LogP contribution is 2.45. The lowest BCUT2D eigenvalue weighted by atomic mass is 10.0. The molecule has 1 saturated heterocycles. The fourth-order valence-corrected chi connectivity index (χ4v) is 6.60. The van der Waals surface area contributed by atoms with E-state index in [2.05, 4.69) is 10.6 Å². The van der Waals surface area contributed by atoms with Crippen LogP contribution in [0.2, 0.25) is 0 Å². The van der Waals surface area contributed by atoms with Crippen LogP contribution in [0, 0.1) is 5.92 Å². The predicted octanol–water partition coefficient (Wildman–Crippen LogP) is 5.14. The maximum atomic E-state index is 14.0. The monoisotopic (exact) mass is 633 g/mol. The number of nitrogens with one attached hydrogen (secondary N) is 2. The van der Waals surface area contributed by atoms with Gasteiger partial charge < -0.3 is 29.7 Å². The van der Waals surface area contributed by atoms with Crippen molar-refractivity contribution in [2.75, 3.05) is 6.54 Å². The van der Waals surface area contributed by atoms with E-state index in [1.807, 2.05) is 91.0 Å². The number of likely N-dealkylation sites (tertiary alicyclic amines) is 1. The number of aliphatic carboxylic acids is 1. The SMILES string of the molecule is CC(C)[C@H](NC(=O)CCC(=O)O)C(=O)N1CCC[C@H]1C(=O)N[C@@H](Cc1ccccc1)P(Oc1ccccc1)Oc1ccccc1. The fraction of sp³-hybridized carbons (Fsp3) is 0.353. The van der Waals surface area contributed by atoms with E-state index in [0.29, 0.717) is 37.3 Å². The van der Waals surface area contributed by atoms with E-state index in [0.717, 1.165) is 5.56 Å². The molecule has 3 N–H and O–H groups in total. The van der Waals surface area contributed by atoms with E-state index in [-0.39, 0.29) is 30.6 Å². The third-order valence-electron chi connectivity index (χ3n) is 7.37. The summed E-state index contributed by atoms with van der Waals surface area (Å²) >= 11 is 0. The number of carboxylic acid groups (broad SMARTS) is 1. The molecule has 0 spiro atoms. The largest absolute Gasteiger partial charge is 0.481 e. The summed E-state index contributed by atoms with van der Waals surface area (Å²) < 4.78 is 12.8. The number of carbonyl (C=O) groups is 4. The molecular weight excluding hydrogens is 593 g/mol. The van der Waals surface area contributed by atoms with Crippen molar-refractivity contribution < 1.29 is 33.3 Å². The number of amides is 3. The topological polar surface area (TPSA) is 134 Å². The van der Waals surface area contributed by atoms with Crippen molar-refractivity contribution in [1.82, 2.24) is 15.5 Å². The smallest absolute Gasteiger partial charge is 0.315 e. The Morgan fingerprint density at radius 3 is 1.93 bits per heavy atom. The highest BCUT2D eigenvalue weighted by molar-refractivity contribution is 7.49. The second-order valence-corrected chi connectivity index (χ2v) is 12.7. The van der Waals surface area contributed by atoms with Gasteiger partial charge in [-0.25, -0.2) is 0 Å². The molecule has 11 heteroatoms. The summed E-state index contributed by atoms with van der Waals surface area (Å²) in [5, 5.41) is 14.8. The number of nitrogens with zero attached hydrogens (tertiary/aromatic N) is 1. The van der Waals surface area contributed by atoms with Crippen molar-refractivity contribution in [3.63, 3.8) is 0 Å². The summed E-state index contributed by atoms with van der Waals surface area (Å²) in [5.41, 5.74) is 0.979. The van der Waals surface area contributed by atoms with Crippen LogP contribution >= 0.6 is 8.38 Å². The number of carboxylic acids is 1. The van der Waals surface area contributed by atoms with Crippen molar-refractivity contribution >= 4 is 32.1 Å². The zero-order valence-electron chi connectivity index (χ0n) is 25.5. The van der Waals surface area contributed by atoms with E-state index in [1.54, 1.807) is 13.8 Å². The summed E-state index contributed by atoms with van der Waals surface area (Å²) in [4.78, 5) is 52.6. The van der Waals surface area contributed by atoms with Crippen LogP contribution < -0.4 is 19.7 Å². The van der Waals surface area contributed by atoms with Gasteiger partial charge in [-0.1, -0.05) is 80.6 Å². The zero-order chi connectivity index (χ0) is 32.2. The summed E-state index contributed by atoms with van der Waals surface area (Å²) in [6, 6.07) is 26.7. The molecule has 0 unspecified atom stereocenters. The van der Waals surface area contributed by atoms with Gasteiger partial charge in [-0.2, -0.15) is 0 Å². The molecule has 238 valence electrons. The first-order valence-electron chi connectivity index (χ1n) is 15.1. The van der Waals surface area contributed by atoms with Gasteiger partial charge in [0.15, 0.2) is 0 Å². The van der Waals surface area contributed by atoms with Crippen LogP contribution in [0.4, 0.5) is 0 Å².